The molecular weight excluding hydrogens is 378 g/mol. The summed E-state index contributed by atoms with van der Waals surface area (Å²) in [5.74, 6) is 5.80. The lowest BCUT2D eigenvalue weighted by atomic mass is 10.0. The van der Waals surface area contributed by atoms with E-state index in [9.17, 15) is 4.79 Å². The number of nitrogens with zero attached hydrogens (tertiary/aromatic N) is 4. The number of hydrogen-bond donors (Lipinski definition) is 3. The van der Waals surface area contributed by atoms with Gasteiger partial charge in [0.15, 0.2) is 5.82 Å². The molecule has 0 aliphatic heterocycles. The summed E-state index contributed by atoms with van der Waals surface area (Å²) in [7, 11) is 0. The molecule has 0 aliphatic rings. The number of carbonyl (C=O) groups excluding carboxylic acids is 1. The molecule has 3 rings (SSSR count). The highest BCUT2D eigenvalue weighted by atomic mass is 16.2. The number of aliphatic imine (C=N–C) groups is 1. The summed E-state index contributed by atoms with van der Waals surface area (Å²) < 4.78 is 1.66. The molecule has 3 aromatic rings. The zero-order chi connectivity index (χ0) is 22.4. The number of carbonyl (C=O) groups is 1. The zero-order valence-corrected chi connectivity index (χ0v) is 18.3. The summed E-state index contributed by atoms with van der Waals surface area (Å²) in [5, 5.41) is 4.51. The average Bonchev–Trinajstić information content (AvgIpc) is 3.12. The van der Waals surface area contributed by atoms with Crippen LogP contribution in [0.3, 0.4) is 0 Å². The van der Waals surface area contributed by atoms with Gasteiger partial charge >= 0.3 is 0 Å². The predicted octanol–water partition coefficient (Wildman–Crippen LogP) is 3.17. The van der Waals surface area contributed by atoms with E-state index in [2.05, 4.69) is 20.5 Å². The van der Waals surface area contributed by atoms with Gasteiger partial charge in [-0.25, -0.2) is 20.5 Å². The van der Waals surface area contributed by atoms with Crippen molar-refractivity contribution < 1.29 is 4.79 Å². The van der Waals surface area contributed by atoms with E-state index in [0.717, 1.165) is 22.4 Å². The lowest BCUT2D eigenvalue weighted by Crippen LogP contribution is -2.30. The van der Waals surface area contributed by atoms with Gasteiger partial charge in [-0.1, -0.05) is 26.0 Å². The normalized spacial score (nSPS) is 11.0. The van der Waals surface area contributed by atoms with Gasteiger partial charge in [0, 0.05) is 6.20 Å². The maximum absolute atomic E-state index is 12.2. The van der Waals surface area contributed by atoms with Crippen LogP contribution in [0.5, 0.6) is 0 Å². The Hall–Kier alpha value is -3.52. The molecule has 1 aromatic carbocycles. The van der Waals surface area contributed by atoms with Crippen LogP contribution in [-0.2, 0) is 0 Å². The second-order valence-corrected chi connectivity index (χ2v) is 6.68. The van der Waals surface area contributed by atoms with Crippen LogP contribution < -0.4 is 17.0 Å². The van der Waals surface area contributed by atoms with E-state index in [1.165, 1.54) is 0 Å². The van der Waals surface area contributed by atoms with E-state index in [1.807, 2.05) is 65.8 Å². The Labute approximate surface area is 177 Å². The highest BCUT2D eigenvalue weighted by Crippen LogP contribution is 2.27. The molecule has 30 heavy (non-hydrogen) atoms. The maximum Gasteiger partial charge on any atom is 0.267 e. The number of nitrogens with one attached hydrogen (secondary N) is 1. The zero-order valence-electron chi connectivity index (χ0n) is 18.3. The Morgan fingerprint density at radius 2 is 1.80 bits per heavy atom. The number of amides is 1. The topological polar surface area (TPSA) is 124 Å². The summed E-state index contributed by atoms with van der Waals surface area (Å²) in [6.07, 6.45) is 1.70. The molecule has 8 heteroatoms. The summed E-state index contributed by atoms with van der Waals surface area (Å²) in [4.78, 5) is 21.2. The van der Waals surface area contributed by atoms with Crippen LogP contribution in [0, 0.1) is 27.7 Å². The van der Waals surface area contributed by atoms with Crippen LogP contribution in [0.4, 0.5) is 5.69 Å². The van der Waals surface area contributed by atoms with E-state index in [4.69, 9.17) is 11.6 Å². The minimum Gasteiger partial charge on any atom is -0.382 e. The van der Waals surface area contributed by atoms with Gasteiger partial charge in [-0.2, -0.15) is 5.10 Å². The molecule has 2 aromatic heterocycles. The molecule has 0 radical (unpaired) electrons. The molecule has 8 nitrogen and oxygen atoms in total. The molecule has 0 fully saturated rings. The van der Waals surface area contributed by atoms with Crippen LogP contribution in [0.25, 0.3) is 5.82 Å². The smallest absolute Gasteiger partial charge is 0.267 e. The fourth-order valence-electron chi connectivity index (χ4n) is 3.08. The number of aryl methyl sites for hydroxylation is 4. The third-order valence-corrected chi connectivity index (χ3v) is 4.33. The number of amidine groups is 1. The Morgan fingerprint density at radius 3 is 2.43 bits per heavy atom. The molecule has 0 bridgehead atoms. The quantitative estimate of drug-likeness (QED) is 0.201. The molecule has 0 saturated heterocycles. The Morgan fingerprint density at radius 1 is 1.10 bits per heavy atom. The highest BCUT2D eigenvalue weighted by Gasteiger charge is 2.17. The van der Waals surface area contributed by atoms with E-state index < -0.39 is 5.91 Å². The number of nitrogens with two attached hydrogens (primary N) is 2. The largest absolute Gasteiger partial charge is 0.382 e. The molecule has 0 saturated carbocycles. The fourth-order valence-corrected chi connectivity index (χ4v) is 3.08. The number of rotatable bonds is 4. The Bertz CT molecular complexity index is 1080. The number of hydrazine groups is 1. The van der Waals surface area contributed by atoms with Gasteiger partial charge in [0.2, 0.25) is 0 Å². The minimum atomic E-state index is -0.427. The van der Waals surface area contributed by atoms with Crippen LogP contribution in [0.2, 0.25) is 0 Å². The number of hydrogen-bond acceptors (Lipinski definition) is 5. The van der Waals surface area contributed by atoms with Gasteiger partial charge in [0.1, 0.15) is 11.5 Å². The van der Waals surface area contributed by atoms with Crippen molar-refractivity contribution in [3.63, 3.8) is 0 Å². The third-order valence-electron chi connectivity index (χ3n) is 4.33. The first-order valence-corrected chi connectivity index (χ1v) is 9.77. The summed E-state index contributed by atoms with van der Waals surface area (Å²) in [6, 6.07) is 9.31. The first-order valence-electron chi connectivity index (χ1n) is 9.77. The number of aromatic nitrogens is 3. The van der Waals surface area contributed by atoms with Crippen molar-refractivity contribution in [1.29, 1.82) is 0 Å². The predicted molar refractivity (Wildman–Crippen MR) is 120 cm³/mol. The molecule has 1 amide bonds. The van der Waals surface area contributed by atoms with Crippen LogP contribution >= 0.6 is 0 Å². The molecule has 0 aliphatic carbocycles. The van der Waals surface area contributed by atoms with Gasteiger partial charge < -0.3 is 5.73 Å². The number of nitrogen functional groups attached to an aromatic ring is 1. The molecule has 0 spiro atoms. The van der Waals surface area contributed by atoms with Crippen molar-refractivity contribution in [3.05, 3.63) is 70.2 Å². The van der Waals surface area contributed by atoms with Crippen LogP contribution in [-0.4, -0.2) is 26.5 Å². The molecule has 0 atom stereocenters. The van der Waals surface area contributed by atoms with E-state index >= 15 is 0 Å². The standard InChI is InChI=1S/C20H23N7O.C2H6/c1-11-8-13(3)17(15(9-11)20(28)25-22)24-18(21)16-10-14(4)26-27(16)19-12(2)6-5-7-23-19;1-2/h5-10H,22H2,1-4H3,(H2,21,24)(H,25,28);1-2H3. The molecule has 2 heterocycles. The van der Waals surface area contributed by atoms with Gasteiger partial charge in [-0.15, -0.1) is 0 Å². The van der Waals surface area contributed by atoms with E-state index in [-0.39, 0.29) is 5.84 Å². The van der Waals surface area contributed by atoms with Gasteiger partial charge in [-0.05, 0) is 62.6 Å². The third kappa shape index (κ3) is 4.72. The van der Waals surface area contributed by atoms with Crippen molar-refractivity contribution in [2.24, 2.45) is 16.6 Å². The van der Waals surface area contributed by atoms with Crippen molar-refractivity contribution in [3.8, 4) is 5.82 Å². The van der Waals surface area contributed by atoms with E-state index in [0.29, 0.717) is 22.8 Å². The van der Waals surface area contributed by atoms with Crippen molar-refractivity contribution in [1.82, 2.24) is 20.2 Å². The molecule has 158 valence electrons. The first-order chi connectivity index (χ1) is 14.3. The van der Waals surface area contributed by atoms with Crippen LogP contribution in [0.1, 0.15) is 52.3 Å². The van der Waals surface area contributed by atoms with Crippen LogP contribution in [0.15, 0.2) is 41.5 Å². The number of pyridine rings is 1. The fraction of sp³-hybridized carbons (Fsp3) is 0.273. The lowest BCUT2D eigenvalue weighted by Gasteiger charge is -2.12. The monoisotopic (exact) mass is 407 g/mol. The summed E-state index contributed by atoms with van der Waals surface area (Å²) in [5.41, 5.74) is 13.4. The first kappa shape index (κ1) is 22.8. The van der Waals surface area contributed by atoms with Gasteiger partial charge in [-0.3, -0.25) is 10.2 Å². The lowest BCUT2D eigenvalue weighted by molar-refractivity contribution is 0.0954. The molecular formula is C22H29N7O. The second-order valence-electron chi connectivity index (χ2n) is 6.68. The summed E-state index contributed by atoms with van der Waals surface area (Å²) >= 11 is 0. The van der Waals surface area contributed by atoms with Crippen molar-refractivity contribution >= 4 is 17.4 Å². The van der Waals surface area contributed by atoms with Gasteiger partial charge in [0.05, 0.1) is 16.9 Å². The maximum atomic E-state index is 12.2. The second kappa shape index (κ2) is 9.80. The minimum absolute atomic E-state index is 0.226. The summed E-state index contributed by atoms with van der Waals surface area (Å²) in [6.45, 7) is 11.6. The molecule has 5 N–H and O–H groups in total. The Balaban J connectivity index is 0.00000155. The van der Waals surface area contributed by atoms with Crippen molar-refractivity contribution in [2.75, 3.05) is 0 Å². The average molecular weight is 408 g/mol. The van der Waals surface area contributed by atoms with Gasteiger partial charge in [0.25, 0.3) is 5.91 Å². The Kier molecular flexibility index (Phi) is 7.43. The highest BCUT2D eigenvalue weighted by molar-refractivity contribution is 6.03. The van der Waals surface area contributed by atoms with Crippen molar-refractivity contribution in [2.45, 2.75) is 41.5 Å². The molecule has 0 unspecified atom stereocenters. The SMILES string of the molecule is CC.Cc1cc(C)c(N=C(N)c2cc(C)nn2-c2ncccc2C)c(C(=O)NN)c1. The van der Waals surface area contributed by atoms with E-state index in [1.54, 1.807) is 16.9 Å². The number of benzene rings is 1.